The van der Waals surface area contributed by atoms with E-state index in [1.54, 1.807) is 66.7 Å². The smallest absolute Gasteiger partial charge is 0.408 e. The van der Waals surface area contributed by atoms with E-state index in [9.17, 15) is 39.3 Å². The average molecular weight is 828 g/mol. The molecule has 59 heavy (non-hydrogen) atoms. The molecular formula is C43H57NO15. The van der Waals surface area contributed by atoms with Gasteiger partial charge in [0.15, 0.2) is 23.6 Å². The molecule has 11 atom stereocenters. The first-order valence-electron chi connectivity index (χ1n) is 19.6. The van der Waals surface area contributed by atoms with Crippen LogP contribution in [0, 0.1) is 16.7 Å². The first-order valence-corrected chi connectivity index (χ1v) is 19.6. The topological polar surface area (TPSA) is 231 Å². The zero-order valence-corrected chi connectivity index (χ0v) is 35.4. The Morgan fingerprint density at radius 3 is 2.12 bits per heavy atom. The van der Waals surface area contributed by atoms with Gasteiger partial charge in [-0.15, -0.1) is 0 Å². The molecule has 1 aromatic carbocycles. The molecule has 5 rings (SSSR count). The number of hydrogen-bond acceptors (Lipinski definition) is 15. The molecule has 1 aromatic rings. The normalized spacial score (nSPS) is 33.2. The van der Waals surface area contributed by atoms with Gasteiger partial charge in [-0.05, 0) is 71.7 Å². The fourth-order valence-electron chi connectivity index (χ4n) is 9.39. The number of ketones is 1. The van der Waals surface area contributed by atoms with Crippen molar-refractivity contribution in [3.63, 3.8) is 0 Å². The Labute approximate surface area is 343 Å². The zero-order valence-electron chi connectivity index (χ0n) is 35.4. The van der Waals surface area contributed by atoms with Crippen LogP contribution >= 0.6 is 0 Å². The van der Waals surface area contributed by atoms with Crippen LogP contribution in [0.2, 0.25) is 0 Å². The summed E-state index contributed by atoms with van der Waals surface area (Å²) in [6, 6.07) is 6.48. The Morgan fingerprint density at radius 1 is 0.966 bits per heavy atom. The number of carbonyl (C=O) groups excluding carboxylic acids is 6. The summed E-state index contributed by atoms with van der Waals surface area (Å²) < 4.78 is 35.4. The third kappa shape index (κ3) is 8.16. The first-order chi connectivity index (χ1) is 27.2. The van der Waals surface area contributed by atoms with Gasteiger partial charge in [-0.1, -0.05) is 43.7 Å². The van der Waals surface area contributed by atoms with E-state index in [1.807, 2.05) is 0 Å². The predicted octanol–water partition coefficient (Wildman–Crippen LogP) is 3.42. The Balaban J connectivity index is 1.73. The Kier molecular flexibility index (Phi) is 12.4. The lowest BCUT2D eigenvalue weighted by molar-refractivity contribution is -0.346. The van der Waals surface area contributed by atoms with E-state index < -0.39 is 118 Å². The molecule has 4 aliphatic rings. The van der Waals surface area contributed by atoms with Gasteiger partial charge in [0.25, 0.3) is 0 Å². The molecule has 0 spiro atoms. The van der Waals surface area contributed by atoms with E-state index in [1.165, 1.54) is 32.1 Å². The van der Waals surface area contributed by atoms with E-state index in [0.717, 1.165) is 13.8 Å². The number of benzene rings is 1. The third-order valence-corrected chi connectivity index (χ3v) is 12.2. The maximum absolute atomic E-state index is 15.4. The molecule has 1 saturated heterocycles. The summed E-state index contributed by atoms with van der Waals surface area (Å²) in [5.41, 5.74) is -7.91. The standard InChI is InChI=1S/C43H57NO15/c1-21(2)17-26(44-38(52)59-39(6,7)8)31(48)37(51)56-27-19-43(53)35(57-36(50)25-15-13-12-14-16-25)33-41(11,28(47)18-29-42(33,20-54-29)58-24(5)46)34(49)32(55-23(4)45)30(22(27)3)40(43,9)10/h12-17,26-29,31-33,35,47-48,53H,18-20H2,1-11H3,(H,44,52)/t26-,27-,28-,29+,31+,32+,33-,35-,41+,42-,43+/m0/s1. The van der Waals surface area contributed by atoms with Gasteiger partial charge < -0.3 is 49.1 Å². The van der Waals surface area contributed by atoms with E-state index in [-0.39, 0.29) is 29.7 Å². The van der Waals surface area contributed by atoms with Crippen LogP contribution in [0.25, 0.3) is 0 Å². The summed E-state index contributed by atoms with van der Waals surface area (Å²) in [6.45, 7) is 16.2. The monoisotopic (exact) mass is 827 g/mol. The number of amides is 1. The van der Waals surface area contributed by atoms with Gasteiger partial charge in [-0.3, -0.25) is 14.4 Å². The van der Waals surface area contributed by atoms with Crippen molar-refractivity contribution in [1.29, 1.82) is 0 Å². The molecular weight excluding hydrogens is 770 g/mol. The van der Waals surface area contributed by atoms with E-state index in [4.69, 9.17) is 28.4 Å². The van der Waals surface area contributed by atoms with Crippen LogP contribution in [0.15, 0.2) is 53.1 Å². The molecule has 3 fully saturated rings. The fourth-order valence-corrected chi connectivity index (χ4v) is 9.39. The summed E-state index contributed by atoms with van der Waals surface area (Å²) in [4.78, 5) is 82.2. The lowest BCUT2D eigenvalue weighted by atomic mass is 9.44. The summed E-state index contributed by atoms with van der Waals surface area (Å²) in [7, 11) is 0. The Morgan fingerprint density at radius 2 is 1.59 bits per heavy atom. The van der Waals surface area contributed by atoms with Crippen LogP contribution in [0.1, 0.15) is 99.4 Å². The van der Waals surface area contributed by atoms with Gasteiger partial charge in [-0.2, -0.15) is 0 Å². The number of carbonyl (C=O) groups is 6. The predicted molar refractivity (Wildman–Crippen MR) is 207 cm³/mol. The number of hydrogen-bond donors (Lipinski definition) is 4. The number of Topliss-reactive ketones (excluding diaryl/α,β-unsaturated/α-hetero) is 1. The number of alkyl carbamates (subject to hydrolysis) is 1. The van der Waals surface area contributed by atoms with Crippen molar-refractivity contribution >= 4 is 35.8 Å². The highest BCUT2D eigenvalue weighted by atomic mass is 16.6. The second-order valence-electron chi connectivity index (χ2n) is 18.0. The maximum atomic E-state index is 15.4. The number of ether oxygens (including phenoxy) is 6. The number of aliphatic hydroxyl groups is 3. The minimum absolute atomic E-state index is 0.00683. The van der Waals surface area contributed by atoms with Gasteiger partial charge >= 0.3 is 30.0 Å². The number of aliphatic hydroxyl groups excluding tert-OH is 2. The van der Waals surface area contributed by atoms with Crippen LogP contribution in [-0.2, 0) is 47.6 Å². The average Bonchev–Trinajstić information content (AvgIpc) is 3.11. The second-order valence-corrected chi connectivity index (χ2v) is 18.0. The molecule has 1 amide bonds. The molecule has 4 N–H and O–H groups in total. The lowest BCUT2D eigenvalue weighted by Crippen LogP contribution is -2.82. The molecule has 3 aliphatic carbocycles. The summed E-state index contributed by atoms with van der Waals surface area (Å²) in [6.07, 6.45) is -9.98. The highest BCUT2D eigenvalue weighted by Crippen LogP contribution is 2.64. The molecule has 1 heterocycles. The number of nitrogens with one attached hydrogen (secondary N) is 1. The molecule has 2 bridgehead atoms. The molecule has 0 radical (unpaired) electrons. The van der Waals surface area contributed by atoms with Gasteiger partial charge in [0, 0.05) is 32.1 Å². The van der Waals surface area contributed by atoms with E-state index in [2.05, 4.69) is 5.32 Å². The third-order valence-electron chi connectivity index (χ3n) is 12.2. The van der Waals surface area contributed by atoms with Gasteiger partial charge in [0.05, 0.1) is 35.6 Å². The Hall–Kier alpha value is -4.64. The largest absolute Gasteiger partial charge is 0.456 e. The Bertz CT molecular complexity index is 1930. The molecule has 2 saturated carbocycles. The molecule has 0 unspecified atom stereocenters. The van der Waals surface area contributed by atoms with Crippen molar-refractivity contribution in [2.75, 3.05) is 6.61 Å². The number of esters is 4. The van der Waals surface area contributed by atoms with Crippen LogP contribution in [0.4, 0.5) is 4.79 Å². The van der Waals surface area contributed by atoms with Crippen LogP contribution in [-0.4, -0.2) is 117 Å². The summed E-state index contributed by atoms with van der Waals surface area (Å²) >= 11 is 0. The second kappa shape index (κ2) is 16.1. The number of fused-ring (bicyclic) bond motifs is 5. The summed E-state index contributed by atoms with van der Waals surface area (Å²) in [5.74, 6) is -6.27. The molecule has 324 valence electrons. The highest BCUT2D eigenvalue weighted by molar-refractivity contribution is 5.95. The van der Waals surface area contributed by atoms with Crippen molar-refractivity contribution in [1.82, 2.24) is 5.32 Å². The van der Waals surface area contributed by atoms with E-state index >= 15 is 4.79 Å². The highest BCUT2D eigenvalue weighted by Gasteiger charge is 2.78. The fraction of sp³-hybridized carbons (Fsp3) is 0.628. The zero-order chi connectivity index (χ0) is 44.2. The quantitative estimate of drug-likeness (QED) is 0.159. The first kappa shape index (κ1) is 45.4. The van der Waals surface area contributed by atoms with Crippen molar-refractivity contribution in [3.05, 3.63) is 58.7 Å². The van der Waals surface area contributed by atoms with Gasteiger partial charge in [-0.25, -0.2) is 14.4 Å². The van der Waals surface area contributed by atoms with Crippen molar-refractivity contribution in [3.8, 4) is 0 Å². The maximum Gasteiger partial charge on any atom is 0.408 e. The van der Waals surface area contributed by atoms with E-state index in [0.29, 0.717) is 5.57 Å². The van der Waals surface area contributed by atoms with Gasteiger partial charge in [0.1, 0.15) is 29.5 Å². The molecule has 1 aliphatic heterocycles. The number of rotatable bonds is 9. The van der Waals surface area contributed by atoms with Crippen molar-refractivity contribution in [2.45, 2.75) is 148 Å². The lowest BCUT2D eigenvalue weighted by Gasteiger charge is -2.67. The van der Waals surface area contributed by atoms with Crippen LogP contribution in [0.5, 0.6) is 0 Å². The summed E-state index contributed by atoms with van der Waals surface area (Å²) in [5, 5.41) is 39.5. The van der Waals surface area contributed by atoms with Crippen molar-refractivity contribution < 1.29 is 72.5 Å². The van der Waals surface area contributed by atoms with Crippen LogP contribution in [0.3, 0.4) is 0 Å². The number of allylic oxidation sites excluding steroid dienone is 1. The molecule has 16 nitrogen and oxygen atoms in total. The van der Waals surface area contributed by atoms with Crippen molar-refractivity contribution in [2.24, 2.45) is 16.7 Å². The molecule has 16 heteroatoms. The SMILES string of the molecule is CC(=O)O[C@H]1C(=O)[C@@]2(C)[C@H]([C@H](OC(=O)c3ccccc3)[C@]3(O)C[C@H](OC(=O)[C@H](O)[C@H](C=C(C)C)NC(=O)OC(C)(C)C)C(C)=C1C3(C)C)[C@]1(OC(C)=O)CO[C@@H]1C[C@@H]2O. The van der Waals surface area contributed by atoms with Gasteiger partial charge in [0.2, 0.25) is 0 Å². The molecule has 0 aromatic heterocycles. The van der Waals surface area contributed by atoms with Crippen LogP contribution < -0.4 is 5.32 Å². The minimum atomic E-state index is -2.38. The minimum Gasteiger partial charge on any atom is -0.456 e.